The van der Waals surface area contributed by atoms with Crippen LogP contribution in [0.3, 0.4) is 0 Å². The van der Waals surface area contributed by atoms with E-state index in [0.717, 1.165) is 45.6 Å². The first-order chi connectivity index (χ1) is 65.1. The highest BCUT2D eigenvalue weighted by Gasteiger charge is 2.47. The Kier molecular flexibility index (Phi) is 32.0. The third kappa shape index (κ3) is 24.2. The van der Waals surface area contributed by atoms with Crippen molar-refractivity contribution in [1.82, 2.24) is 30.9 Å². The number of ether oxygens (including phenoxy) is 3. The predicted octanol–water partition coefficient (Wildman–Crippen LogP) is 21.6. The second kappa shape index (κ2) is 43.5. The first-order valence-corrected chi connectivity index (χ1v) is 41.8. The highest BCUT2D eigenvalue weighted by Crippen LogP contribution is 2.43. The lowest BCUT2D eigenvalue weighted by Gasteiger charge is -2.36. The van der Waals surface area contributed by atoms with Crippen LogP contribution in [0, 0.1) is 80.6 Å². The van der Waals surface area contributed by atoms with Crippen molar-refractivity contribution in [2.45, 2.75) is 87.3 Å². The second-order valence-corrected chi connectivity index (χ2v) is 31.9. The molecular weight excluding hydrogens is 1890 g/mol. The lowest BCUT2D eigenvalue weighted by Crippen LogP contribution is -2.45. The van der Waals surface area contributed by atoms with Gasteiger partial charge in [0.2, 0.25) is 0 Å². The number of pyridine rings is 3. The number of nitrogens with zero attached hydrogens (tertiary/aromatic N) is 6. The molecule has 13 aromatic rings. The summed E-state index contributed by atoms with van der Waals surface area (Å²) in [6.45, 7) is -1.54. The Morgan fingerprint density at radius 1 is 0.409 bits per heavy atom. The molecule has 21 nitrogen and oxygen atoms in total. The maximum absolute atomic E-state index is 15.2. The Morgan fingerprint density at radius 2 is 0.723 bits per heavy atom. The number of fused-ring (bicyclic) bond motifs is 3. The van der Waals surface area contributed by atoms with Crippen LogP contribution in [0.25, 0.3) is 66.1 Å². The number of hydrogen-bond donors (Lipinski definition) is 6. The number of nitriles is 3. The van der Waals surface area contributed by atoms with Crippen LogP contribution < -0.4 is 31.9 Å². The van der Waals surface area contributed by atoms with Crippen LogP contribution in [0.5, 0.6) is 0 Å². The fraction of sp³-hybridized carbons (Fsp3) is 0.196. The molecule has 0 aliphatic heterocycles. The normalized spacial score (nSPS) is 13.0. The van der Waals surface area contributed by atoms with Gasteiger partial charge in [-0.1, -0.05) is 126 Å². The maximum Gasteiger partial charge on any atom is 0.412 e. The van der Waals surface area contributed by atoms with Crippen molar-refractivity contribution in [3.05, 3.63) is 318 Å². The molecule has 3 aromatic heterocycles. The number of alkyl halides is 9. The summed E-state index contributed by atoms with van der Waals surface area (Å²) in [6.07, 6.45) is -8.85. The van der Waals surface area contributed by atoms with Crippen LogP contribution in [0.4, 0.5) is 87.3 Å². The number of methoxy groups -OCH3 is 3. The van der Waals surface area contributed by atoms with E-state index in [0.29, 0.717) is 170 Å². The molecule has 0 radical (unpaired) electrons. The smallest absolute Gasteiger partial charge is 0.412 e. The van der Waals surface area contributed by atoms with E-state index >= 15 is 17.6 Å². The number of anilines is 3. The van der Waals surface area contributed by atoms with Crippen molar-refractivity contribution in [2.75, 3.05) is 43.8 Å². The Bertz CT molecular complexity index is 6910. The molecule has 0 unspecified atom stereocenters. The van der Waals surface area contributed by atoms with Gasteiger partial charge in [-0.3, -0.25) is 29.3 Å². The Hall–Kier alpha value is -15.1. The summed E-state index contributed by atoms with van der Waals surface area (Å²) in [4.78, 5) is 90.7. The Morgan fingerprint density at radius 3 is 1.00 bits per heavy atom. The van der Waals surface area contributed by atoms with E-state index in [1.54, 1.807) is 122 Å². The summed E-state index contributed by atoms with van der Waals surface area (Å²) in [5.74, 6) is -17.0. The molecule has 704 valence electrons. The summed E-state index contributed by atoms with van der Waals surface area (Å²) >= 11 is 19.3. The summed E-state index contributed by atoms with van der Waals surface area (Å²) in [7, 11) is 3.20. The molecule has 1 fully saturated rings. The van der Waals surface area contributed by atoms with Crippen molar-refractivity contribution >= 4 is 120 Å². The summed E-state index contributed by atoms with van der Waals surface area (Å²) in [5, 5.41) is 43.0. The van der Waals surface area contributed by atoms with Crippen molar-refractivity contribution in [1.29, 1.82) is 15.8 Å². The van der Waals surface area contributed by atoms with E-state index in [-0.39, 0.29) is 19.3 Å². The zero-order valence-corrected chi connectivity index (χ0v) is 73.4. The average Bonchev–Trinajstić information content (AvgIpc) is 0.753. The fourth-order valence-electron chi connectivity index (χ4n) is 15.1. The van der Waals surface area contributed by atoms with Gasteiger partial charge in [0.1, 0.15) is 94.2 Å². The molecule has 0 spiro atoms. The third-order valence-electron chi connectivity index (χ3n) is 21.8. The van der Waals surface area contributed by atoms with Crippen molar-refractivity contribution in [2.24, 2.45) is 5.92 Å². The first-order valence-electron chi connectivity index (χ1n) is 40.7. The minimum absolute atomic E-state index is 0.167. The molecule has 14 rings (SSSR count). The molecule has 1 saturated carbocycles. The van der Waals surface area contributed by atoms with Crippen LogP contribution in [-0.4, -0.2) is 121 Å². The van der Waals surface area contributed by atoms with Gasteiger partial charge >= 0.3 is 36.4 Å². The van der Waals surface area contributed by atoms with Gasteiger partial charge in [0.15, 0.2) is 0 Å². The number of esters is 3. The summed E-state index contributed by atoms with van der Waals surface area (Å²) < 4.78 is 237. The molecule has 10 aromatic carbocycles. The molecule has 1 aliphatic rings. The van der Waals surface area contributed by atoms with Crippen LogP contribution >= 0.6 is 34.8 Å². The number of aromatic nitrogens is 3. The molecule has 6 N–H and O–H groups in total. The number of carbonyl (C=O) groups excluding carboxylic acids is 6. The second-order valence-electron chi connectivity index (χ2n) is 30.6. The number of amides is 3. The zero-order valence-electron chi connectivity index (χ0n) is 71.1. The Labute approximate surface area is 782 Å². The topological polar surface area (TPSA) is 312 Å². The quantitative estimate of drug-likeness (QED) is 0.0167. The molecule has 5 atom stereocenters. The van der Waals surface area contributed by atoms with E-state index in [2.05, 4.69) is 36.2 Å². The predicted molar refractivity (Wildman–Crippen MR) is 475 cm³/mol. The molecule has 1 aliphatic carbocycles. The van der Waals surface area contributed by atoms with E-state index in [1.807, 2.05) is 28.8 Å². The van der Waals surface area contributed by atoms with E-state index in [1.165, 1.54) is 24.4 Å². The van der Waals surface area contributed by atoms with Gasteiger partial charge in [0.05, 0.1) is 72.8 Å². The zero-order chi connectivity index (χ0) is 99.2. The number of benzene rings is 10. The van der Waals surface area contributed by atoms with E-state index < -0.39 is 177 Å². The van der Waals surface area contributed by atoms with Crippen LogP contribution in [0.1, 0.15) is 95.3 Å². The van der Waals surface area contributed by atoms with Gasteiger partial charge in [-0.2, -0.15) is 55.3 Å². The summed E-state index contributed by atoms with van der Waals surface area (Å²) in [6, 6.07) is 38.5. The van der Waals surface area contributed by atoms with Gasteiger partial charge < -0.3 is 46.1 Å². The van der Waals surface area contributed by atoms with Crippen molar-refractivity contribution in [3.63, 3.8) is 0 Å². The van der Waals surface area contributed by atoms with Gasteiger partial charge in [-0.25, -0.2) is 45.1 Å². The number of halogens is 19. The highest BCUT2D eigenvalue weighted by molar-refractivity contribution is 6.35. The van der Waals surface area contributed by atoms with E-state index in [4.69, 9.17) is 54.3 Å². The van der Waals surface area contributed by atoms with Crippen LogP contribution in [-0.2, 0) is 47.9 Å². The van der Waals surface area contributed by atoms with Crippen molar-refractivity contribution < 1.29 is 113 Å². The molecule has 0 saturated heterocycles. The maximum atomic E-state index is 15.2. The van der Waals surface area contributed by atoms with Gasteiger partial charge in [-0.15, -0.1) is 0 Å². The number of nitrogens with one attached hydrogen (secondary N) is 6. The average molecular weight is 1960 g/mol. The lowest BCUT2D eigenvalue weighted by molar-refractivity contribution is -0.159. The number of rotatable bonds is 26. The van der Waals surface area contributed by atoms with Gasteiger partial charge in [0.25, 0.3) is 17.7 Å². The van der Waals surface area contributed by atoms with E-state index in [9.17, 15) is 92.0 Å². The first kappa shape index (κ1) is 101. The fourth-order valence-corrected chi connectivity index (χ4v) is 15.9. The van der Waals surface area contributed by atoms with Gasteiger partial charge in [0, 0.05) is 120 Å². The van der Waals surface area contributed by atoms with Gasteiger partial charge in [-0.05, 0) is 144 Å². The minimum Gasteiger partial charge on any atom is -0.467 e. The molecule has 137 heavy (non-hydrogen) atoms. The van der Waals surface area contributed by atoms with Crippen LogP contribution in [0.2, 0.25) is 15.1 Å². The Balaban J connectivity index is 0.000000185. The molecular formula is C97H69Cl3F16N12O9. The number of carbonyl (C=O) groups is 6. The lowest BCUT2D eigenvalue weighted by atomic mass is 9.79. The van der Waals surface area contributed by atoms with Crippen LogP contribution in [0.15, 0.2) is 207 Å². The third-order valence-corrected chi connectivity index (χ3v) is 22.8. The largest absolute Gasteiger partial charge is 0.467 e. The summed E-state index contributed by atoms with van der Waals surface area (Å²) in [5.41, 5.74) is 2.41. The molecule has 3 heterocycles. The molecule has 0 bridgehead atoms. The standard InChI is InChI=1S/C35H23ClF6N4O3.C33H26ClF5N4O3.C29H20ClF5N4O3/c1-49-34(48)29(14-20-7-11-25(31-23(20)3-2-12-44-31)24-10-4-18(17-43)13-26(24)36)46-33(47)30-27(38)15-22(16-28(30)39)45-32(35(40,41)42)19-5-8-21(37)9-6-19;1-46-32(45)27(13-19-8-10-23(29-21(19)6-3-11-41-29)22-9-7-17(16-40)12-24(22)34)43-31(44)28-25(35)14-20(15-26(28)36)42-30(33(37,38)39)18-4-2-5-18;1-42-28(41)24(39-27(40)25-22(31)11-17(12-23(25)32)38-14-29(33,34)35)10-16-5-7-20(26-18(16)3-2-8-37-26)19-6-4-15(13-36)9-21(19)30/h2-13,15-16,29,32,45H,14H2,1H3,(H,46,47);3,6-12,14-15,18,27,30,42H,2,4-5,13H2,1H3,(H,43,44);2-9,11-12,24,38H,10,14H2,1H3,(H,39,40)/t29-,32+;27-,30+;24-/m000/s1. The highest BCUT2D eigenvalue weighted by atomic mass is 35.5. The monoisotopic (exact) mass is 1950 g/mol. The SMILES string of the molecule is COC(=O)[C@H](Cc1ccc(-c2ccc(C#N)cc2Cl)c2ncccc12)NC(=O)c1c(F)cc(NCC(F)(F)F)cc1F.COC(=O)[C@H](Cc1ccc(-c2ccc(C#N)cc2Cl)c2ncccc12)NC(=O)c1c(F)cc(N[C@H](C2CCC2)C(F)(F)F)cc1F.COC(=O)[C@H](Cc1ccc(-c2ccc(C#N)cc2Cl)c2ncccc12)NC(=O)c1c(F)cc(N[C@H](c2ccc(F)cc2)C(F)(F)F)cc1F. The molecule has 3 amide bonds. The molecule has 40 heteroatoms. The minimum atomic E-state index is -4.94. The van der Waals surface area contributed by atoms with Crippen molar-refractivity contribution in [3.8, 4) is 51.6 Å². The number of hydrogen-bond acceptors (Lipinski definition) is 18.